The van der Waals surface area contributed by atoms with Crippen molar-refractivity contribution < 1.29 is 4.79 Å². The Morgan fingerprint density at radius 2 is 1.95 bits per heavy atom. The molecular weight excluding hydrogens is 236 g/mol. The second-order valence-electron chi connectivity index (χ2n) is 5.21. The van der Waals surface area contributed by atoms with Crippen LogP contribution in [0.4, 0.5) is 5.69 Å². The molecule has 0 saturated carbocycles. The molecule has 106 valence electrons. The van der Waals surface area contributed by atoms with Crippen molar-refractivity contribution in [2.75, 3.05) is 11.9 Å². The van der Waals surface area contributed by atoms with Crippen molar-refractivity contribution in [3.63, 3.8) is 0 Å². The first-order valence-corrected chi connectivity index (χ1v) is 7.14. The van der Waals surface area contributed by atoms with E-state index in [2.05, 4.69) is 38.3 Å². The summed E-state index contributed by atoms with van der Waals surface area (Å²) in [7, 11) is 0. The van der Waals surface area contributed by atoms with Gasteiger partial charge in [0.2, 0.25) is 0 Å². The van der Waals surface area contributed by atoms with Crippen molar-refractivity contribution in [3.8, 4) is 0 Å². The Hall–Kier alpha value is -1.51. The highest BCUT2D eigenvalue weighted by atomic mass is 16.1. The maximum atomic E-state index is 11.8. The Bertz CT molecular complexity index is 429. The number of nitrogens with one attached hydrogen (secondary N) is 2. The van der Waals surface area contributed by atoms with Crippen LogP contribution >= 0.6 is 0 Å². The molecule has 0 aromatic heterocycles. The van der Waals surface area contributed by atoms with Gasteiger partial charge in [0.05, 0.1) is 0 Å². The molecule has 1 amide bonds. The lowest BCUT2D eigenvalue weighted by Crippen LogP contribution is -2.25. The van der Waals surface area contributed by atoms with Gasteiger partial charge in [-0.25, -0.2) is 0 Å². The molecule has 0 radical (unpaired) electrons. The average molecular weight is 262 g/mol. The molecule has 2 N–H and O–H groups in total. The normalized spacial score (nSPS) is 13.7. The first-order chi connectivity index (χ1) is 8.99. The zero-order chi connectivity index (χ0) is 14.4. The maximum absolute atomic E-state index is 11.8. The van der Waals surface area contributed by atoms with Crippen molar-refractivity contribution in [2.24, 2.45) is 5.92 Å². The number of hydrogen-bond acceptors (Lipinski definition) is 2. The van der Waals surface area contributed by atoms with Gasteiger partial charge < -0.3 is 10.6 Å². The molecule has 0 saturated heterocycles. The summed E-state index contributed by atoms with van der Waals surface area (Å²) in [5, 5.41) is 6.35. The number of rotatable bonds is 6. The summed E-state index contributed by atoms with van der Waals surface area (Å²) in [6.07, 6.45) is 1.14. The summed E-state index contributed by atoms with van der Waals surface area (Å²) in [6, 6.07) is 6.21. The highest BCUT2D eigenvalue weighted by Crippen LogP contribution is 2.20. The SMILES string of the molecule is CCNC(=O)c1ccc(C)c(NC(C)C(C)CC)c1. The van der Waals surface area contributed by atoms with Crippen LogP contribution in [-0.4, -0.2) is 18.5 Å². The molecule has 2 atom stereocenters. The molecule has 0 fully saturated rings. The van der Waals surface area contributed by atoms with Crippen molar-refractivity contribution in [1.82, 2.24) is 5.32 Å². The van der Waals surface area contributed by atoms with E-state index >= 15 is 0 Å². The monoisotopic (exact) mass is 262 g/mol. The first-order valence-electron chi connectivity index (χ1n) is 7.14. The van der Waals surface area contributed by atoms with Gasteiger partial charge in [-0.05, 0) is 44.4 Å². The Kier molecular flexibility index (Phi) is 5.87. The molecule has 3 nitrogen and oxygen atoms in total. The minimum atomic E-state index is -0.0123. The molecule has 19 heavy (non-hydrogen) atoms. The average Bonchev–Trinajstić information content (AvgIpc) is 2.40. The largest absolute Gasteiger partial charge is 0.382 e. The third kappa shape index (κ3) is 4.27. The van der Waals surface area contributed by atoms with Crippen LogP contribution in [0.1, 0.15) is 50.0 Å². The molecule has 0 aliphatic rings. The summed E-state index contributed by atoms with van der Waals surface area (Å²) in [4.78, 5) is 11.8. The molecule has 1 aromatic rings. The van der Waals surface area contributed by atoms with Crippen molar-refractivity contribution in [2.45, 2.75) is 47.1 Å². The third-order valence-electron chi connectivity index (χ3n) is 3.72. The molecule has 0 aliphatic heterocycles. The number of anilines is 1. The van der Waals surface area contributed by atoms with Gasteiger partial charge in [0.1, 0.15) is 0 Å². The smallest absolute Gasteiger partial charge is 0.251 e. The standard InChI is InChI=1S/C16H26N2O/c1-6-11(3)13(5)18-15-10-14(9-8-12(15)4)16(19)17-7-2/h8-11,13,18H,6-7H2,1-5H3,(H,17,19). The van der Waals surface area contributed by atoms with E-state index in [0.717, 1.165) is 12.1 Å². The van der Waals surface area contributed by atoms with Gasteiger partial charge in [-0.3, -0.25) is 4.79 Å². The Labute approximate surface area is 116 Å². The minimum absolute atomic E-state index is 0.0123. The van der Waals surface area contributed by atoms with E-state index in [1.54, 1.807) is 0 Å². The summed E-state index contributed by atoms with van der Waals surface area (Å²) in [5.74, 6) is 0.592. The van der Waals surface area contributed by atoms with E-state index in [0.29, 0.717) is 24.1 Å². The first kappa shape index (κ1) is 15.5. The molecule has 1 aromatic carbocycles. The molecular formula is C16H26N2O. The fourth-order valence-electron chi connectivity index (χ4n) is 1.92. The van der Waals surface area contributed by atoms with E-state index < -0.39 is 0 Å². The van der Waals surface area contributed by atoms with Crippen molar-refractivity contribution in [1.29, 1.82) is 0 Å². The number of carbonyl (C=O) groups is 1. The highest BCUT2D eigenvalue weighted by Gasteiger charge is 2.12. The predicted molar refractivity (Wildman–Crippen MR) is 81.7 cm³/mol. The lowest BCUT2D eigenvalue weighted by molar-refractivity contribution is 0.0956. The van der Waals surface area contributed by atoms with Crippen LogP contribution in [0.5, 0.6) is 0 Å². The molecule has 1 rings (SSSR count). The van der Waals surface area contributed by atoms with Crippen LogP contribution in [0.25, 0.3) is 0 Å². The zero-order valence-electron chi connectivity index (χ0n) is 12.7. The second-order valence-corrected chi connectivity index (χ2v) is 5.21. The Morgan fingerprint density at radius 3 is 2.53 bits per heavy atom. The van der Waals surface area contributed by atoms with E-state index in [4.69, 9.17) is 0 Å². The van der Waals surface area contributed by atoms with Crippen molar-refractivity contribution in [3.05, 3.63) is 29.3 Å². The number of amides is 1. The molecule has 0 aliphatic carbocycles. The second kappa shape index (κ2) is 7.17. The summed E-state index contributed by atoms with van der Waals surface area (Å²) in [6.45, 7) is 11.3. The molecule has 3 heteroatoms. The van der Waals surface area contributed by atoms with Crippen LogP contribution in [0, 0.1) is 12.8 Å². The van der Waals surface area contributed by atoms with Gasteiger partial charge in [-0.2, -0.15) is 0 Å². The number of carbonyl (C=O) groups excluding carboxylic acids is 1. The van der Waals surface area contributed by atoms with Gasteiger partial charge in [0.25, 0.3) is 5.91 Å². The van der Waals surface area contributed by atoms with E-state index in [9.17, 15) is 4.79 Å². The summed E-state index contributed by atoms with van der Waals surface area (Å²) < 4.78 is 0. The van der Waals surface area contributed by atoms with E-state index in [1.807, 2.05) is 25.1 Å². The van der Waals surface area contributed by atoms with Gasteiger partial charge >= 0.3 is 0 Å². The Balaban J connectivity index is 2.88. The summed E-state index contributed by atoms with van der Waals surface area (Å²) >= 11 is 0. The quantitative estimate of drug-likeness (QED) is 0.822. The number of benzene rings is 1. The molecule has 0 spiro atoms. The number of hydrogen-bond donors (Lipinski definition) is 2. The molecule has 2 unspecified atom stereocenters. The topological polar surface area (TPSA) is 41.1 Å². The lowest BCUT2D eigenvalue weighted by Gasteiger charge is -2.22. The van der Waals surface area contributed by atoms with Crippen molar-refractivity contribution >= 4 is 11.6 Å². The highest BCUT2D eigenvalue weighted by molar-refractivity contribution is 5.95. The number of aryl methyl sites for hydroxylation is 1. The van der Waals surface area contributed by atoms with Crippen LogP contribution in [0.2, 0.25) is 0 Å². The van der Waals surface area contributed by atoms with E-state index in [1.165, 1.54) is 5.56 Å². The lowest BCUT2D eigenvalue weighted by atomic mass is 10.00. The minimum Gasteiger partial charge on any atom is -0.382 e. The molecule has 0 heterocycles. The van der Waals surface area contributed by atoms with E-state index in [-0.39, 0.29) is 5.91 Å². The fraction of sp³-hybridized carbons (Fsp3) is 0.562. The van der Waals surface area contributed by atoms with Gasteiger partial charge in [0, 0.05) is 23.8 Å². The summed E-state index contributed by atoms with van der Waals surface area (Å²) in [5.41, 5.74) is 2.94. The van der Waals surface area contributed by atoms with Crippen LogP contribution in [0.15, 0.2) is 18.2 Å². The Morgan fingerprint density at radius 1 is 1.26 bits per heavy atom. The fourth-order valence-corrected chi connectivity index (χ4v) is 1.92. The maximum Gasteiger partial charge on any atom is 0.251 e. The van der Waals surface area contributed by atoms with Crippen LogP contribution in [-0.2, 0) is 0 Å². The third-order valence-corrected chi connectivity index (χ3v) is 3.72. The van der Waals surface area contributed by atoms with Crippen LogP contribution < -0.4 is 10.6 Å². The van der Waals surface area contributed by atoms with Gasteiger partial charge in [-0.1, -0.05) is 26.3 Å². The zero-order valence-corrected chi connectivity index (χ0v) is 12.7. The molecule has 0 bridgehead atoms. The predicted octanol–water partition coefficient (Wildman–Crippen LogP) is 3.59. The van der Waals surface area contributed by atoms with Gasteiger partial charge in [-0.15, -0.1) is 0 Å². The van der Waals surface area contributed by atoms with Gasteiger partial charge in [0.15, 0.2) is 0 Å². The van der Waals surface area contributed by atoms with Crippen LogP contribution in [0.3, 0.4) is 0 Å².